The lowest BCUT2D eigenvalue weighted by Gasteiger charge is -2.40. The second-order valence-corrected chi connectivity index (χ2v) is 6.48. The SMILES string of the molecule is CN(C(=O)OC(C)(C)C)C(C)(C(=O)O)C1(C)CC1. The van der Waals surface area contributed by atoms with Gasteiger partial charge >= 0.3 is 12.1 Å². The molecule has 1 unspecified atom stereocenters. The van der Waals surface area contributed by atoms with Crippen molar-refractivity contribution in [2.24, 2.45) is 5.41 Å². The third-order valence-electron chi connectivity index (χ3n) is 3.93. The summed E-state index contributed by atoms with van der Waals surface area (Å²) >= 11 is 0. The molecule has 1 amide bonds. The fourth-order valence-corrected chi connectivity index (χ4v) is 1.99. The molecule has 1 saturated carbocycles. The maximum Gasteiger partial charge on any atom is 0.410 e. The molecule has 0 radical (unpaired) electrons. The van der Waals surface area contributed by atoms with Crippen molar-refractivity contribution in [2.45, 2.75) is 58.6 Å². The van der Waals surface area contributed by atoms with E-state index >= 15 is 0 Å². The first-order valence-corrected chi connectivity index (χ1v) is 6.14. The lowest BCUT2D eigenvalue weighted by Crippen LogP contribution is -2.59. The predicted molar refractivity (Wildman–Crippen MR) is 67.4 cm³/mol. The normalized spacial score (nSPS) is 20.8. The smallest absolute Gasteiger partial charge is 0.410 e. The third-order valence-corrected chi connectivity index (χ3v) is 3.93. The van der Waals surface area contributed by atoms with Gasteiger partial charge in [-0.2, -0.15) is 0 Å². The summed E-state index contributed by atoms with van der Waals surface area (Å²) in [7, 11) is 1.49. The molecular formula is C13H23NO4. The first-order valence-electron chi connectivity index (χ1n) is 6.14. The van der Waals surface area contributed by atoms with Crippen LogP contribution >= 0.6 is 0 Å². The first kappa shape index (κ1) is 14.8. The number of carboxylic acids is 1. The van der Waals surface area contributed by atoms with E-state index in [1.54, 1.807) is 27.7 Å². The number of nitrogens with zero attached hydrogens (tertiary/aromatic N) is 1. The summed E-state index contributed by atoms with van der Waals surface area (Å²) in [6.45, 7) is 8.76. The van der Waals surface area contributed by atoms with Crippen LogP contribution in [0.2, 0.25) is 0 Å². The van der Waals surface area contributed by atoms with E-state index in [0.717, 1.165) is 12.8 Å². The molecule has 1 rings (SSSR count). The van der Waals surface area contributed by atoms with Gasteiger partial charge in [-0.3, -0.25) is 4.90 Å². The predicted octanol–water partition coefficient (Wildman–Crippen LogP) is 2.50. The van der Waals surface area contributed by atoms with Crippen molar-refractivity contribution in [2.75, 3.05) is 7.05 Å². The molecule has 1 fully saturated rings. The Bertz CT molecular complexity index is 368. The highest BCUT2D eigenvalue weighted by molar-refractivity contribution is 5.85. The third kappa shape index (κ3) is 2.44. The quantitative estimate of drug-likeness (QED) is 0.843. The number of carbonyl (C=O) groups is 2. The Morgan fingerprint density at radius 2 is 1.67 bits per heavy atom. The van der Waals surface area contributed by atoms with Crippen LogP contribution in [-0.2, 0) is 9.53 Å². The van der Waals surface area contributed by atoms with E-state index in [-0.39, 0.29) is 5.41 Å². The van der Waals surface area contributed by atoms with Gasteiger partial charge in [0.25, 0.3) is 0 Å². The zero-order valence-electron chi connectivity index (χ0n) is 12.0. The van der Waals surface area contributed by atoms with E-state index in [9.17, 15) is 14.7 Å². The van der Waals surface area contributed by atoms with Gasteiger partial charge in [0.1, 0.15) is 11.1 Å². The average molecular weight is 257 g/mol. The summed E-state index contributed by atoms with van der Waals surface area (Å²) in [6, 6.07) is 0. The van der Waals surface area contributed by atoms with Crippen molar-refractivity contribution in [1.82, 2.24) is 4.90 Å². The van der Waals surface area contributed by atoms with E-state index in [1.807, 2.05) is 6.92 Å². The highest BCUT2D eigenvalue weighted by atomic mass is 16.6. The van der Waals surface area contributed by atoms with Crippen LogP contribution in [0, 0.1) is 5.41 Å². The Hall–Kier alpha value is -1.26. The Morgan fingerprint density at radius 3 is 1.94 bits per heavy atom. The molecule has 1 aliphatic carbocycles. The van der Waals surface area contributed by atoms with Crippen molar-refractivity contribution in [3.05, 3.63) is 0 Å². The molecular weight excluding hydrogens is 234 g/mol. The monoisotopic (exact) mass is 257 g/mol. The fourth-order valence-electron chi connectivity index (χ4n) is 1.99. The number of aliphatic carboxylic acids is 1. The second kappa shape index (κ2) is 4.14. The molecule has 0 spiro atoms. The van der Waals surface area contributed by atoms with Gasteiger partial charge in [-0.05, 0) is 40.5 Å². The average Bonchev–Trinajstić information content (AvgIpc) is 2.92. The molecule has 1 atom stereocenters. The number of hydrogen-bond acceptors (Lipinski definition) is 3. The fraction of sp³-hybridized carbons (Fsp3) is 0.846. The zero-order valence-corrected chi connectivity index (χ0v) is 12.0. The van der Waals surface area contributed by atoms with Gasteiger partial charge in [-0.1, -0.05) is 6.92 Å². The van der Waals surface area contributed by atoms with Crippen LogP contribution in [0.25, 0.3) is 0 Å². The van der Waals surface area contributed by atoms with Crippen molar-refractivity contribution in [1.29, 1.82) is 0 Å². The van der Waals surface area contributed by atoms with Crippen molar-refractivity contribution in [3.63, 3.8) is 0 Å². The highest BCUT2D eigenvalue weighted by Gasteiger charge is 2.61. The Kier molecular flexibility index (Phi) is 3.40. The number of hydrogen-bond donors (Lipinski definition) is 1. The maximum absolute atomic E-state index is 12.0. The van der Waals surface area contributed by atoms with Crippen molar-refractivity contribution < 1.29 is 19.4 Å². The van der Waals surface area contributed by atoms with Crippen molar-refractivity contribution in [3.8, 4) is 0 Å². The van der Waals surface area contributed by atoms with E-state index in [4.69, 9.17) is 4.74 Å². The van der Waals surface area contributed by atoms with E-state index in [2.05, 4.69) is 0 Å². The number of carboxylic acid groups (broad SMARTS) is 1. The van der Waals surface area contributed by atoms with Crippen molar-refractivity contribution >= 4 is 12.1 Å². The highest BCUT2D eigenvalue weighted by Crippen LogP contribution is 2.55. The molecule has 1 aliphatic rings. The number of amides is 1. The standard InChI is InChI=1S/C13H23NO4/c1-11(2,3)18-10(17)14(6)13(5,9(15)16)12(4)7-8-12/h7-8H2,1-6H3,(H,15,16). The zero-order chi connectivity index (χ0) is 14.4. The van der Waals surface area contributed by atoms with Crippen LogP contribution in [-0.4, -0.2) is 40.3 Å². The molecule has 1 N–H and O–H groups in total. The lowest BCUT2D eigenvalue weighted by atomic mass is 9.82. The number of carbonyl (C=O) groups excluding carboxylic acids is 1. The molecule has 0 heterocycles. The summed E-state index contributed by atoms with van der Waals surface area (Å²) in [6.07, 6.45) is 1.02. The minimum absolute atomic E-state index is 0.371. The Labute approximate surface area is 108 Å². The van der Waals surface area contributed by atoms with E-state index < -0.39 is 23.2 Å². The maximum atomic E-state index is 12.0. The molecule has 0 bridgehead atoms. The molecule has 0 aliphatic heterocycles. The largest absolute Gasteiger partial charge is 0.479 e. The van der Waals surface area contributed by atoms with Crippen LogP contribution in [0.4, 0.5) is 4.79 Å². The van der Waals surface area contributed by atoms with Gasteiger partial charge in [0, 0.05) is 12.5 Å². The first-order chi connectivity index (χ1) is 7.94. The van der Waals surface area contributed by atoms with Gasteiger partial charge in [0.05, 0.1) is 0 Å². The summed E-state index contributed by atoms with van der Waals surface area (Å²) < 4.78 is 5.24. The molecule has 0 aromatic heterocycles. The van der Waals surface area contributed by atoms with Crippen LogP contribution in [0.15, 0.2) is 0 Å². The molecule has 5 nitrogen and oxygen atoms in total. The number of likely N-dealkylation sites (N-methyl/N-ethyl adjacent to an activating group) is 1. The van der Waals surface area contributed by atoms with Crippen LogP contribution in [0.3, 0.4) is 0 Å². The molecule has 5 heteroatoms. The van der Waals surface area contributed by atoms with Gasteiger partial charge in [-0.15, -0.1) is 0 Å². The molecule has 0 saturated heterocycles. The second-order valence-electron chi connectivity index (χ2n) is 6.48. The van der Waals surface area contributed by atoms with Crippen LogP contribution in [0.1, 0.15) is 47.5 Å². The summed E-state index contributed by atoms with van der Waals surface area (Å²) in [5.74, 6) is -0.990. The molecule has 0 aromatic rings. The Balaban J connectivity index is 2.95. The summed E-state index contributed by atoms with van der Waals surface area (Å²) in [5.41, 5.74) is -2.23. The van der Waals surface area contributed by atoms with E-state index in [0.29, 0.717) is 0 Å². The molecule has 104 valence electrons. The van der Waals surface area contributed by atoms with E-state index in [1.165, 1.54) is 11.9 Å². The van der Waals surface area contributed by atoms with Gasteiger partial charge < -0.3 is 9.84 Å². The molecule has 0 aromatic carbocycles. The number of ether oxygens (including phenoxy) is 1. The van der Waals surface area contributed by atoms with Gasteiger partial charge in [-0.25, -0.2) is 9.59 Å². The van der Waals surface area contributed by atoms with Gasteiger partial charge in [0.2, 0.25) is 0 Å². The minimum atomic E-state index is -1.23. The van der Waals surface area contributed by atoms with Crippen LogP contribution in [0.5, 0.6) is 0 Å². The minimum Gasteiger partial charge on any atom is -0.479 e. The summed E-state index contributed by atoms with van der Waals surface area (Å²) in [5, 5.41) is 9.48. The molecule has 18 heavy (non-hydrogen) atoms. The van der Waals surface area contributed by atoms with Crippen LogP contribution < -0.4 is 0 Å². The van der Waals surface area contributed by atoms with Gasteiger partial charge in [0.15, 0.2) is 0 Å². The number of rotatable bonds is 3. The topological polar surface area (TPSA) is 66.8 Å². The summed E-state index contributed by atoms with van der Waals surface area (Å²) in [4.78, 5) is 24.8. The Morgan fingerprint density at radius 1 is 1.22 bits per heavy atom. The lowest BCUT2D eigenvalue weighted by molar-refractivity contribution is -0.153.